The Balaban J connectivity index is 1.40. The summed E-state index contributed by atoms with van der Waals surface area (Å²) in [5.41, 5.74) is 0.0154. The molecule has 276 valence electrons. The second kappa shape index (κ2) is 20.1. The maximum Gasteiger partial charge on any atom is 0.0380 e. The van der Waals surface area contributed by atoms with Crippen molar-refractivity contribution >= 4 is 67.6 Å². The first-order valence-corrected chi connectivity index (χ1v) is 24.3. The summed E-state index contributed by atoms with van der Waals surface area (Å²) < 4.78 is 4.94. The molecule has 0 aliphatic heterocycles. The van der Waals surface area contributed by atoms with Crippen LogP contribution < -0.4 is 31.8 Å². The van der Waals surface area contributed by atoms with Gasteiger partial charge >= 0.3 is 0 Å². The van der Waals surface area contributed by atoms with Crippen LogP contribution in [0.15, 0.2) is 182 Å². The lowest BCUT2D eigenvalue weighted by molar-refractivity contribution is -0.432. The first-order chi connectivity index (χ1) is 26.7. The quantitative estimate of drug-likeness (QED) is 0.0433. The van der Waals surface area contributed by atoms with Crippen molar-refractivity contribution in [1.82, 2.24) is 0 Å². The van der Waals surface area contributed by atoms with Gasteiger partial charge in [0.15, 0.2) is 0 Å². The Morgan fingerprint density at radius 3 is 0.981 bits per heavy atom. The van der Waals surface area contributed by atoms with Crippen LogP contribution in [0.3, 0.4) is 0 Å². The molecule has 1 fully saturated rings. The van der Waals surface area contributed by atoms with E-state index in [1.807, 2.05) is 0 Å². The highest BCUT2D eigenvalue weighted by Gasteiger charge is 2.42. The molecule has 6 aromatic carbocycles. The Bertz CT molecular complexity index is 1610. The Kier molecular flexibility index (Phi) is 14.6. The van der Waals surface area contributed by atoms with Gasteiger partial charge in [0.05, 0.1) is 0 Å². The normalized spacial score (nSPS) is 16.2. The van der Waals surface area contributed by atoms with Gasteiger partial charge in [-0.2, -0.15) is 0 Å². The van der Waals surface area contributed by atoms with Crippen molar-refractivity contribution in [3.8, 4) is 0 Å². The smallest absolute Gasteiger partial charge is 0.0380 e. The average molecular weight is 787 g/mol. The number of rotatable bonds is 17. The molecule has 1 N–H and O–H groups in total. The predicted octanol–water partition coefficient (Wildman–Crippen LogP) is 10.4. The van der Waals surface area contributed by atoms with Gasteiger partial charge in [0.25, 0.3) is 0 Å². The van der Waals surface area contributed by atoms with E-state index >= 15 is 0 Å². The Morgan fingerprint density at radius 2 is 0.722 bits per heavy atom. The molecule has 0 radical (unpaired) electrons. The molecule has 54 heavy (non-hydrogen) atoms. The maximum atomic E-state index is 8.88. The Hall–Kier alpha value is -3.16. The van der Waals surface area contributed by atoms with Gasteiger partial charge in [0, 0.05) is 17.3 Å². The van der Waals surface area contributed by atoms with Crippen LogP contribution in [0.4, 0.5) is 0 Å². The Morgan fingerprint density at radius 1 is 0.444 bits per heavy atom. The van der Waals surface area contributed by atoms with Crippen LogP contribution in [0.5, 0.6) is 0 Å². The fourth-order valence-electron chi connectivity index (χ4n) is 8.11. The number of hydrogen-bond acceptors (Lipinski definition) is 4. The SMILES string of the molecule is OOOSC1CCC(CC(CP(c2ccccc2)c2ccccc2)(CP(c2ccccc2)c2ccccc2)CP(c2ccccc2)c2ccccc2)CC1. The van der Waals surface area contributed by atoms with E-state index in [1.165, 1.54) is 50.3 Å². The van der Waals surface area contributed by atoms with Gasteiger partial charge in [-0.3, -0.25) is 0 Å². The lowest BCUT2D eigenvalue weighted by Crippen LogP contribution is -2.41. The van der Waals surface area contributed by atoms with Crippen molar-refractivity contribution in [2.24, 2.45) is 11.3 Å². The van der Waals surface area contributed by atoms with Crippen LogP contribution in [-0.4, -0.2) is 29.0 Å². The van der Waals surface area contributed by atoms with Crippen molar-refractivity contribution < 1.29 is 14.6 Å². The van der Waals surface area contributed by atoms with Gasteiger partial charge in [-0.1, -0.05) is 187 Å². The van der Waals surface area contributed by atoms with Crippen LogP contribution in [0.1, 0.15) is 32.1 Å². The van der Waals surface area contributed by atoms with Gasteiger partial charge in [-0.05, 0) is 118 Å². The first-order valence-electron chi connectivity index (χ1n) is 19.0. The molecule has 0 spiro atoms. The van der Waals surface area contributed by atoms with Crippen LogP contribution in [0.25, 0.3) is 0 Å². The van der Waals surface area contributed by atoms with E-state index in [1.54, 1.807) is 0 Å². The lowest BCUT2D eigenvalue weighted by Gasteiger charge is -2.45. The zero-order valence-electron chi connectivity index (χ0n) is 30.6. The number of hydrogen-bond donors (Lipinski definition) is 1. The van der Waals surface area contributed by atoms with E-state index < -0.39 is 23.8 Å². The molecule has 0 saturated heterocycles. The van der Waals surface area contributed by atoms with Crippen molar-refractivity contribution in [1.29, 1.82) is 0 Å². The summed E-state index contributed by atoms with van der Waals surface area (Å²) in [4.78, 5) is 0. The van der Waals surface area contributed by atoms with E-state index in [0.717, 1.165) is 44.2 Å². The van der Waals surface area contributed by atoms with Crippen LogP contribution in [0.2, 0.25) is 0 Å². The summed E-state index contributed by atoms with van der Waals surface area (Å²) in [7, 11) is -2.00. The third-order valence-electron chi connectivity index (χ3n) is 10.6. The molecule has 7 rings (SSSR count). The fraction of sp³-hybridized carbons (Fsp3) is 0.234. The largest absolute Gasteiger partial charge is 0.220 e. The first kappa shape index (κ1) is 39.1. The highest BCUT2D eigenvalue weighted by molar-refractivity contribution is 7.95. The van der Waals surface area contributed by atoms with E-state index in [9.17, 15) is 0 Å². The summed E-state index contributed by atoms with van der Waals surface area (Å²) in [6.07, 6.45) is 8.96. The zero-order valence-corrected chi connectivity index (χ0v) is 34.1. The third kappa shape index (κ3) is 10.6. The van der Waals surface area contributed by atoms with Gasteiger partial charge in [-0.15, -0.1) is 4.33 Å². The minimum absolute atomic E-state index is 0.0154. The van der Waals surface area contributed by atoms with Crippen molar-refractivity contribution in [2.45, 2.75) is 37.4 Å². The van der Waals surface area contributed by atoms with Crippen molar-refractivity contribution in [3.63, 3.8) is 0 Å². The van der Waals surface area contributed by atoms with Gasteiger partial charge in [0.2, 0.25) is 0 Å². The maximum absolute atomic E-state index is 8.88. The topological polar surface area (TPSA) is 38.7 Å². The summed E-state index contributed by atoms with van der Waals surface area (Å²) in [6.45, 7) is 0. The molecule has 0 amide bonds. The van der Waals surface area contributed by atoms with Crippen LogP contribution in [0, 0.1) is 11.3 Å². The summed E-state index contributed by atoms with van der Waals surface area (Å²) in [5.74, 6) is 0.590. The summed E-state index contributed by atoms with van der Waals surface area (Å²) in [6, 6.07) is 68.3. The highest BCUT2D eigenvalue weighted by atomic mass is 32.2. The van der Waals surface area contributed by atoms with Gasteiger partial charge in [0.1, 0.15) is 0 Å². The molecule has 1 saturated carbocycles. The molecule has 1 aliphatic rings. The monoisotopic (exact) mass is 786 g/mol. The molecular weight excluding hydrogens is 738 g/mol. The van der Waals surface area contributed by atoms with E-state index in [4.69, 9.17) is 9.59 Å². The average Bonchev–Trinajstić information content (AvgIpc) is 3.25. The highest BCUT2D eigenvalue weighted by Crippen LogP contribution is 2.56. The lowest BCUT2D eigenvalue weighted by atomic mass is 9.77. The van der Waals surface area contributed by atoms with E-state index in [2.05, 4.69) is 187 Å². The minimum Gasteiger partial charge on any atom is -0.220 e. The molecule has 7 heteroatoms. The third-order valence-corrected chi connectivity index (χ3v) is 20.0. The van der Waals surface area contributed by atoms with Gasteiger partial charge in [-0.25, -0.2) is 5.26 Å². The Labute approximate surface area is 329 Å². The van der Waals surface area contributed by atoms with Crippen LogP contribution >= 0.6 is 35.8 Å². The molecule has 0 unspecified atom stereocenters. The second-order valence-electron chi connectivity index (χ2n) is 14.4. The molecular formula is C47H49O3P3S. The molecule has 3 nitrogen and oxygen atoms in total. The van der Waals surface area contributed by atoms with Crippen LogP contribution in [-0.2, 0) is 9.37 Å². The van der Waals surface area contributed by atoms with E-state index in [0.29, 0.717) is 11.2 Å². The summed E-state index contributed by atoms with van der Waals surface area (Å²) >= 11 is 1.27. The zero-order chi connectivity index (χ0) is 36.8. The standard InChI is InChI=1S/C47H49O3P3S/c48-49-50-54-46-33-31-39(32-34-46)35-47(36-51(40-19-7-1-8-20-40)41-21-9-2-10-22-41,37-52(42-23-11-3-12-24-42)43-25-13-4-14-26-43)38-53(44-27-15-5-16-28-44)45-29-17-6-18-30-45/h1-30,39,46,48H,31-38H2. The fourth-order valence-corrected chi connectivity index (χ4v) is 17.5. The van der Waals surface area contributed by atoms with Gasteiger partial charge < -0.3 is 0 Å². The molecule has 0 heterocycles. The molecule has 0 atom stereocenters. The molecule has 1 aliphatic carbocycles. The summed E-state index contributed by atoms with van der Waals surface area (Å²) in [5, 5.41) is 21.9. The second-order valence-corrected chi connectivity index (χ2v) is 22.0. The van der Waals surface area contributed by atoms with Crippen molar-refractivity contribution in [3.05, 3.63) is 182 Å². The molecule has 0 bridgehead atoms. The van der Waals surface area contributed by atoms with E-state index in [-0.39, 0.29) is 5.41 Å². The minimum atomic E-state index is -0.667. The number of benzene rings is 6. The predicted molar refractivity (Wildman–Crippen MR) is 237 cm³/mol. The molecule has 6 aromatic rings. The molecule has 0 aromatic heterocycles. The van der Waals surface area contributed by atoms with Crippen molar-refractivity contribution in [2.75, 3.05) is 18.5 Å².